The normalized spacial score (nSPS) is 9.64. The number of carboxylic acid groups (broad SMARTS) is 1. The summed E-state index contributed by atoms with van der Waals surface area (Å²) < 4.78 is 0.569. The molecule has 0 fully saturated rings. The lowest BCUT2D eigenvalue weighted by atomic mass is 10.5. The molecule has 0 saturated carbocycles. The van der Waals surface area contributed by atoms with E-state index in [0.717, 1.165) is 0 Å². The Hall–Kier alpha value is -0.620. The highest BCUT2D eigenvalue weighted by Crippen LogP contribution is 2.27. The second kappa shape index (κ2) is 3.19. The number of hydrogen-bond donors (Lipinski definition) is 2. The molecule has 0 aliphatic carbocycles. The topological polar surface area (TPSA) is 62.2 Å². The van der Waals surface area contributed by atoms with E-state index in [-0.39, 0.29) is 5.69 Å². The third kappa shape index (κ3) is 1.69. The molecule has 0 saturated heterocycles. The van der Waals surface area contributed by atoms with Crippen molar-refractivity contribution in [2.75, 3.05) is 12.4 Å². The third-order valence-electron chi connectivity index (χ3n) is 1.03. The number of halogens is 1. The van der Waals surface area contributed by atoms with Crippen molar-refractivity contribution < 1.29 is 9.90 Å². The Balaban J connectivity index is 3.12. The molecule has 0 aromatic carbocycles. The zero-order valence-corrected chi connectivity index (χ0v) is 7.99. The Labute approximate surface area is 75.4 Å². The van der Waals surface area contributed by atoms with Crippen LogP contribution in [0.25, 0.3) is 0 Å². The first-order valence-electron chi connectivity index (χ1n) is 2.72. The highest BCUT2D eigenvalue weighted by Gasteiger charge is 2.14. The molecule has 11 heavy (non-hydrogen) atoms. The highest BCUT2D eigenvalue weighted by molar-refractivity contribution is 9.11. The summed E-state index contributed by atoms with van der Waals surface area (Å²) in [5.74, 6) is -1.02. The van der Waals surface area contributed by atoms with Crippen LogP contribution < -0.4 is 5.32 Å². The summed E-state index contributed by atoms with van der Waals surface area (Å²) in [6.45, 7) is 0. The van der Waals surface area contributed by atoms with Gasteiger partial charge in [-0.2, -0.15) is 0 Å². The first-order valence-corrected chi connectivity index (χ1v) is 4.33. The van der Waals surface area contributed by atoms with Gasteiger partial charge in [0.1, 0.15) is 5.00 Å². The highest BCUT2D eigenvalue weighted by atomic mass is 79.9. The van der Waals surface area contributed by atoms with Crippen LogP contribution in [0.2, 0.25) is 0 Å². The molecule has 4 nitrogen and oxygen atoms in total. The van der Waals surface area contributed by atoms with E-state index in [9.17, 15) is 4.79 Å². The second-order valence-electron chi connectivity index (χ2n) is 1.70. The van der Waals surface area contributed by atoms with Crippen LogP contribution in [-0.4, -0.2) is 23.1 Å². The van der Waals surface area contributed by atoms with Crippen LogP contribution in [0.4, 0.5) is 5.00 Å². The molecule has 0 atom stereocenters. The number of carbonyl (C=O) groups is 1. The van der Waals surface area contributed by atoms with Crippen molar-refractivity contribution >= 4 is 38.2 Å². The van der Waals surface area contributed by atoms with Crippen molar-refractivity contribution in [3.05, 3.63) is 9.61 Å². The zero-order chi connectivity index (χ0) is 8.43. The molecule has 60 valence electrons. The standard InChI is InChI=1S/C5H5BrN2O2S/c1-7-3-2(4(9)10)8-5(6)11-3/h7H,1H3,(H,9,10). The summed E-state index contributed by atoms with van der Waals surface area (Å²) in [7, 11) is 1.66. The van der Waals surface area contributed by atoms with Gasteiger partial charge in [-0.1, -0.05) is 11.3 Å². The molecule has 1 heterocycles. The second-order valence-corrected chi connectivity index (χ2v) is 3.97. The quantitative estimate of drug-likeness (QED) is 0.820. The van der Waals surface area contributed by atoms with Gasteiger partial charge in [-0.3, -0.25) is 0 Å². The molecule has 0 radical (unpaired) electrons. The lowest BCUT2D eigenvalue weighted by Gasteiger charge is -1.92. The van der Waals surface area contributed by atoms with Crippen LogP contribution in [0.3, 0.4) is 0 Å². The molecule has 1 aromatic heterocycles. The number of hydrogen-bond acceptors (Lipinski definition) is 4. The van der Waals surface area contributed by atoms with Crippen LogP contribution in [0.5, 0.6) is 0 Å². The largest absolute Gasteiger partial charge is 0.476 e. The maximum atomic E-state index is 10.5. The average molecular weight is 237 g/mol. The van der Waals surface area contributed by atoms with Crippen molar-refractivity contribution in [1.82, 2.24) is 4.98 Å². The molecule has 0 spiro atoms. The smallest absolute Gasteiger partial charge is 0.357 e. The monoisotopic (exact) mass is 236 g/mol. The molecule has 1 aromatic rings. The Morgan fingerprint density at radius 2 is 2.45 bits per heavy atom. The Morgan fingerprint density at radius 3 is 2.82 bits per heavy atom. The molecule has 6 heteroatoms. The third-order valence-corrected chi connectivity index (χ3v) is 2.55. The fourth-order valence-corrected chi connectivity index (χ4v) is 1.91. The van der Waals surface area contributed by atoms with E-state index in [1.54, 1.807) is 7.05 Å². The van der Waals surface area contributed by atoms with Crippen LogP contribution in [0, 0.1) is 0 Å². The lowest BCUT2D eigenvalue weighted by Crippen LogP contribution is -2.00. The van der Waals surface area contributed by atoms with E-state index in [1.807, 2.05) is 0 Å². The van der Waals surface area contributed by atoms with E-state index in [0.29, 0.717) is 8.92 Å². The molecule has 2 N–H and O–H groups in total. The number of thiazole rings is 1. The van der Waals surface area contributed by atoms with Gasteiger partial charge in [0.05, 0.1) is 0 Å². The van der Waals surface area contributed by atoms with Gasteiger partial charge in [0.2, 0.25) is 0 Å². The number of carboxylic acids is 1. The molecule has 0 aliphatic rings. The molecular formula is C5H5BrN2O2S. The minimum Gasteiger partial charge on any atom is -0.476 e. The maximum Gasteiger partial charge on any atom is 0.357 e. The van der Waals surface area contributed by atoms with Gasteiger partial charge in [0.25, 0.3) is 0 Å². The van der Waals surface area contributed by atoms with Gasteiger partial charge < -0.3 is 10.4 Å². The predicted octanol–water partition coefficient (Wildman–Crippen LogP) is 1.65. The molecule has 0 unspecified atom stereocenters. The minimum absolute atomic E-state index is 0.0596. The molecular weight excluding hydrogens is 232 g/mol. The van der Waals surface area contributed by atoms with Crippen LogP contribution in [0.1, 0.15) is 10.5 Å². The Kier molecular flexibility index (Phi) is 2.45. The van der Waals surface area contributed by atoms with Gasteiger partial charge >= 0.3 is 5.97 Å². The van der Waals surface area contributed by atoms with E-state index in [2.05, 4.69) is 26.2 Å². The molecule has 0 bridgehead atoms. The predicted molar refractivity (Wildman–Crippen MR) is 46.3 cm³/mol. The van der Waals surface area contributed by atoms with Gasteiger partial charge in [-0.05, 0) is 15.9 Å². The van der Waals surface area contributed by atoms with E-state index < -0.39 is 5.97 Å². The summed E-state index contributed by atoms with van der Waals surface area (Å²) in [6.07, 6.45) is 0. The van der Waals surface area contributed by atoms with E-state index in [1.165, 1.54) is 11.3 Å². The summed E-state index contributed by atoms with van der Waals surface area (Å²) in [5.41, 5.74) is 0.0596. The number of rotatable bonds is 2. The van der Waals surface area contributed by atoms with Crippen molar-refractivity contribution in [3.8, 4) is 0 Å². The van der Waals surface area contributed by atoms with Crippen LogP contribution in [-0.2, 0) is 0 Å². The van der Waals surface area contributed by atoms with Crippen molar-refractivity contribution in [2.24, 2.45) is 0 Å². The summed E-state index contributed by atoms with van der Waals surface area (Å²) in [5, 5.41) is 11.9. The number of aromatic carboxylic acids is 1. The van der Waals surface area contributed by atoms with E-state index >= 15 is 0 Å². The van der Waals surface area contributed by atoms with Gasteiger partial charge in [0, 0.05) is 7.05 Å². The van der Waals surface area contributed by atoms with Crippen LogP contribution >= 0.6 is 27.3 Å². The summed E-state index contributed by atoms with van der Waals surface area (Å²) in [6, 6.07) is 0. The first kappa shape index (κ1) is 8.48. The first-order chi connectivity index (χ1) is 5.15. The fraction of sp³-hybridized carbons (Fsp3) is 0.200. The van der Waals surface area contributed by atoms with Crippen molar-refractivity contribution in [1.29, 1.82) is 0 Å². The van der Waals surface area contributed by atoms with Gasteiger partial charge in [-0.15, -0.1) is 0 Å². The minimum atomic E-state index is -1.02. The molecule has 1 rings (SSSR count). The SMILES string of the molecule is CNc1sc(Br)nc1C(=O)O. The number of anilines is 1. The summed E-state index contributed by atoms with van der Waals surface area (Å²) in [4.78, 5) is 14.2. The molecule has 0 aliphatic heterocycles. The van der Waals surface area contributed by atoms with Crippen LogP contribution in [0.15, 0.2) is 3.92 Å². The van der Waals surface area contributed by atoms with Crippen molar-refractivity contribution in [2.45, 2.75) is 0 Å². The Bertz CT molecular complexity index is 286. The number of nitrogens with one attached hydrogen (secondary N) is 1. The number of aromatic nitrogens is 1. The van der Waals surface area contributed by atoms with Gasteiger partial charge in [0.15, 0.2) is 9.61 Å². The zero-order valence-electron chi connectivity index (χ0n) is 5.59. The summed E-state index contributed by atoms with van der Waals surface area (Å²) >= 11 is 4.35. The maximum absolute atomic E-state index is 10.5. The molecule has 0 amide bonds. The van der Waals surface area contributed by atoms with Gasteiger partial charge in [-0.25, -0.2) is 9.78 Å². The lowest BCUT2D eigenvalue weighted by molar-refractivity contribution is 0.0692. The fourth-order valence-electron chi connectivity index (χ4n) is 0.608. The van der Waals surface area contributed by atoms with E-state index in [4.69, 9.17) is 5.11 Å². The Morgan fingerprint density at radius 1 is 1.82 bits per heavy atom. The van der Waals surface area contributed by atoms with Crippen molar-refractivity contribution in [3.63, 3.8) is 0 Å². The average Bonchev–Trinajstić information content (AvgIpc) is 2.30. The number of nitrogens with zero attached hydrogens (tertiary/aromatic N) is 1.